The van der Waals surface area contributed by atoms with Gasteiger partial charge < -0.3 is 9.84 Å². The molecule has 0 aliphatic heterocycles. The monoisotopic (exact) mass is 262 g/mol. The van der Waals surface area contributed by atoms with Crippen LogP contribution < -0.4 is 0 Å². The van der Waals surface area contributed by atoms with Gasteiger partial charge in [-0.05, 0) is 44.2 Å². The quantitative estimate of drug-likeness (QED) is 0.857. The van der Waals surface area contributed by atoms with Crippen LogP contribution in [0.2, 0.25) is 0 Å². The van der Waals surface area contributed by atoms with Crippen molar-refractivity contribution in [3.8, 4) is 0 Å². The first-order valence-electron chi connectivity index (χ1n) is 6.72. The summed E-state index contributed by atoms with van der Waals surface area (Å²) in [5.74, 6) is -0.751. The molecule has 1 N–H and O–H groups in total. The van der Waals surface area contributed by atoms with Crippen molar-refractivity contribution in [2.75, 3.05) is 13.7 Å². The molecule has 0 bridgehead atoms. The smallest absolute Gasteiger partial charge is 0.309 e. The van der Waals surface area contributed by atoms with Gasteiger partial charge in [-0.1, -0.05) is 24.3 Å². The molecule has 3 nitrogen and oxygen atoms in total. The molecular weight excluding hydrogens is 240 g/mol. The van der Waals surface area contributed by atoms with E-state index in [0.717, 1.165) is 25.0 Å². The third kappa shape index (κ3) is 2.81. The van der Waals surface area contributed by atoms with Crippen molar-refractivity contribution in [3.05, 3.63) is 35.4 Å². The molecule has 3 heteroatoms. The zero-order valence-corrected chi connectivity index (χ0v) is 11.9. The van der Waals surface area contributed by atoms with Crippen LogP contribution in [0.4, 0.5) is 0 Å². The molecule has 0 saturated heterocycles. The Hall–Kier alpha value is -1.35. The first kappa shape index (κ1) is 14.1. The predicted molar refractivity (Wildman–Crippen MR) is 74.4 cm³/mol. The van der Waals surface area contributed by atoms with E-state index in [-0.39, 0.29) is 5.41 Å². The van der Waals surface area contributed by atoms with Crippen molar-refractivity contribution in [1.29, 1.82) is 0 Å². The van der Waals surface area contributed by atoms with Gasteiger partial charge in [-0.3, -0.25) is 4.79 Å². The van der Waals surface area contributed by atoms with Gasteiger partial charge in [-0.25, -0.2) is 0 Å². The Balaban J connectivity index is 2.30. The summed E-state index contributed by atoms with van der Waals surface area (Å²) in [5, 5.41) is 9.29. The molecule has 1 aliphatic carbocycles. The van der Waals surface area contributed by atoms with Crippen LogP contribution in [0.3, 0.4) is 0 Å². The number of benzene rings is 1. The SMILES string of the molecule is COCC1(c2ccccc2CC(C)(C)C(=O)O)CC1. The molecule has 1 aliphatic rings. The second kappa shape index (κ2) is 4.97. The number of carbonyl (C=O) groups is 1. The number of rotatable bonds is 6. The molecule has 1 fully saturated rings. The van der Waals surface area contributed by atoms with Crippen molar-refractivity contribution < 1.29 is 14.6 Å². The lowest BCUT2D eigenvalue weighted by atomic mass is 9.81. The molecule has 0 aromatic heterocycles. The highest BCUT2D eigenvalue weighted by atomic mass is 16.5. The van der Waals surface area contributed by atoms with Crippen LogP contribution in [0, 0.1) is 5.41 Å². The van der Waals surface area contributed by atoms with Crippen LogP contribution in [0.5, 0.6) is 0 Å². The van der Waals surface area contributed by atoms with E-state index in [1.807, 2.05) is 12.1 Å². The van der Waals surface area contributed by atoms with Crippen molar-refractivity contribution >= 4 is 5.97 Å². The van der Waals surface area contributed by atoms with E-state index in [2.05, 4.69) is 12.1 Å². The summed E-state index contributed by atoms with van der Waals surface area (Å²) < 4.78 is 5.34. The summed E-state index contributed by atoms with van der Waals surface area (Å²) in [6.45, 7) is 4.28. The Bertz CT molecular complexity index is 473. The summed E-state index contributed by atoms with van der Waals surface area (Å²) in [6.07, 6.45) is 2.82. The minimum Gasteiger partial charge on any atom is -0.481 e. The van der Waals surface area contributed by atoms with Crippen LogP contribution >= 0.6 is 0 Å². The maximum Gasteiger partial charge on any atom is 0.309 e. The second-order valence-corrected chi connectivity index (χ2v) is 6.24. The van der Waals surface area contributed by atoms with Gasteiger partial charge in [-0.2, -0.15) is 0 Å². The number of ether oxygens (including phenoxy) is 1. The van der Waals surface area contributed by atoms with E-state index < -0.39 is 11.4 Å². The normalized spacial score (nSPS) is 17.2. The third-order valence-corrected chi connectivity index (χ3v) is 4.07. The minimum absolute atomic E-state index is 0.125. The van der Waals surface area contributed by atoms with E-state index in [0.29, 0.717) is 6.42 Å². The minimum atomic E-state index is -0.751. The molecular formula is C16H22O3. The van der Waals surface area contributed by atoms with Crippen molar-refractivity contribution in [2.24, 2.45) is 5.41 Å². The first-order valence-corrected chi connectivity index (χ1v) is 6.72. The molecule has 0 heterocycles. The average Bonchev–Trinajstić information content (AvgIpc) is 3.10. The van der Waals surface area contributed by atoms with Crippen LogP contribution in [0.1, 0.15) is 37.8 Å². The van der Waals surface area contributed by atoms with Crippen molar-refractivity contribution in [1.82, 2.24) is 0 Å². The van der Waals surface area contributed by atoms with E-state index in [9.17, 15) is 9.90 Å². The Morgan fingerprint density at radius 2 is 2.00 bits per heavy atom. The Labute approximate surface area is 114 Å². The molecule has 2 rings (SSSR count). The van der Waals surface area contributed by atoms with Gasteiger partial charge in [-0.15, -0.1) is 0 Å². The zero-order chi connectivity index (χ0) is 14.1. The lowest BCUT2D eigenvalue weighted by molar-refractivity contribution is -0.146. The summed E-state index contributed by atoms with van der Waals surface area (Å²) >= 11 is 0. The fourth-order valence-corrected chi connectivity index (χ4v) is 2.66. The molecule has 1 aromatic rings. The van der Waals surface area contributed by atoms with Crippen molar-refractivity contribution in [3.63, 3.8) is 0 Å². The molecule has 1 saturated carbocycles. The standard InChI is InChI=1S/C16H22O3/c1-15(2,14(17)18)10-12-6-4-5-7-13(12)16(8-9-16)11-19-3/h4-7H,8-11H2,1-3H3,(H,17,18). The van der Waals surface area contributed by atoms with Gasteiger partial charge in [0.25, 0.3) is 0 Å². The number of aliphatic carboxylic acids is 1. The number of carboxylic acids is 1. The number of hydrogen-bond donors (Lipinski definition) is 1. The molecule has 19 heavy (non-hydrogen) atoms. The van der Waals surface area contributed by atoms with Crippen LogP contribution in [-0.2, 0) is 21.4 Å². The Morgan fingerprint density at radius 1 is 1.37 bits per heavy atom. The molecule has 0 unspecified atom stereocenters. The lowest BCUT2D eigenvalue weighted by Gasteiger charge is -2.24. The Kier molecular flexibility index (Phi) is 3.68. The van der Waals surface area contributed by atoms with Gasteiger partial charge in [0.1, 0.15) is 0 Å². The zero-order valence-electron chi connectivity index (χ0n) is 11.9. The number of hydrogen-bond acceptors (Lipinski definition) is 2. The molecule has 0 spiro atoms. The molecule has 0 radical (unpaired) electrons. The van der Waals surface area contributed by atoms with E-state index >= 15 is 0 Å². The lowest BCUT2D eigenvalue weighted by Crippen LogP contribution is -2.28. The molecule has 1 aromatic carbocycles. The maximum absolute atomic E-state index is 11.3. The van der Waals surface area contributed by atoms with Gasteiger partial charge in [0.15, 0.2) is 0 Å². The van der Waals surface area contributed by atoms with Crippen LogP contribution in [0.25, 0.3) is 0 Å². The first-order chi connectivity index (χ1) is 8.91. The summed E-state index contributed by atoms with van der Waals surface area (Å²) in [4.78, 5) is 11.3. The van der Waals surface area contributed by atoms with Gasteiger partial charge in [0, 0.05) is 12.5 Å². The van der Waals surface area contributed by atoms with Crippen LogP contribution in [-0.4, -0.2) is 24.8 Å². The van der Waals surface area contributed by atoms with Crippen molar-refractivity contribution in [2.45, 2.75) is 38.5 Å². The van der Waals surface area contributed by atoms with E-state index in [4.69, 9.17) is 4.74 Å². The molecule has 0 atom stereocenters. The fourth-order valence-electron chi connectivity index (χ4n) is 2.66. The highest BCUT2D eigenvalue weighted by molar-refractivity contribution is 5.74. The van der Waals surface area contributed by atoms with Gasteiger partial charge >= 0.3 is 5.97 Å². The third-order valence-electron chi connectivity index (χ3n) is 4.07. The summed E-state index contributed by atoms with van der Waals surface area (Å²) in [5.41, 5.74) is 1.80. The topological polar surface area (TPSA) is 46.5 Å². The largest absolute Gasteiger partial charge is 0.481 e. The van der Waals surface area contributed by atoms with E-state index in [1.165, 1.54) is 5.56 Å². The highest BCUT2D eigenvalue weighted by Crippen LogP contribution is 2.50. The Morgan fingerprint density at radius 3 is 2.53 bits per heavy atom. The predicted octanol–water partition coefficient (Wildman–Crippen LogP) is 3.02. The average molecular weight is 262 g/mol. The van der Waals surface area contributed by atoms with Gasteiger partial charge in [0.05, 0.1) is 12.0 Å². The fraction of sp³-hybridized carbons (Fsp3) is 0.562. The molecule has 0 amide bonds. The maximum atomic E-state index is 11.3. The second-order valence-electron chi connectivity index (χ2n) is 6.24. The number of methoxy groups -OCH3 is 1. The summed E-state index contributed by atoms with van der Waals surface area (Å²) in [6, 6.07) is 8.19. The number of carboxylic acid groups (broad SMARTS) is 1. The van der Waals surface area contributed by atoms with Crippen LogP contribution in [0.15, 0.2) is 24.3 Å². The van der Waals surface area contributed by atoms with Gasteiger partial charge in [0.2, 0.25) is 0 Å². The highest BCUT2D eigenvalue weighted by Gasteiger charge is 2.46. The molecule has 104 valence electrons. The summed E-state index contributed by atoms with van der Waals surface area (Å²) in [7, 11) is 1.73. The van der Waals surface area contributed by atoms with E-state index in [1.54, 1.807) is 21.0 Å².